The Balaban J connectivity index is 1.65. The summed E-state index contributed by atoms with van der Waals surface area (Å²) >= 11 is 3.28. The van der Waals surface area contributed by atoms with Crippen molar-refractivity contribution in [3.05, 3.63) is 34.1 Å². The minimum Gasteiger partial charge on any atom is -0.338 e. The van der Waals surface area contributed by atoms with Gasteiger partial charge in [-0.05, 0) is 66.8 Å². The second-order valence-electron chi connectivity index (χ2n) is 5.86. The van der Waals surface area contributed by atoms with Crippen molar-refractivity contribution >= 4 is 21.8 Å². The van der Waals surface area contributed by atoms with Crippen LogP contribution in [0.2, 0.25) is 0 Å². The van der Waals surface area contributed by atoms with Crippen LogP contribution in [0.25, 0.3) is 0 Å². The third-order valence-corrected chi connectivity index (χ3v) is 5.25. The Labute approximate surface area is 133 Å². The lowest BCUT2D eigenvalue weighted by molar-refractivity contribution is 0.0639. The topological polar surface area (TPSA) is 23.6 Å². The Morgan fingerprint density at radius 1 is 1.14 bits per heavy atom. The van der Waals surface area contributed by atoms with E-state index in [9.17, 15) is 9.18 Å². The van der Waals surface area contributed by atoms with E-state index in [0.29, 0.717) is 10.5 Å². The van der Waals surface area contributed by atoms with Crippen molar-refractivity contribution in [3.8, 4) is 0 Å². The number of rotatable bonds is 2. The molecule has 21 heavy (non-hydrogen) atoms. The maximum atomic E-state index is 13.9. The summed E-state index contributed by atoms with van der Waals surface area (Å²) in [5, 5.41) is 0. The van der Waals surface area contributed by atoms with Crippen molar-refractivity contribution < 1.29 is 9.18 Å². The van der Waals surface area contributed by atoms with Crippen molar-refractivity contribution in [2.45, 2.75) is 31.7 Å². The first-order valence-corrected chi connectivity index (χ1v) is 8.43. The number of carbonyl (C=O) groups is 1. The van der Waals surface area contributed by atoms with Crippen molar-refractivity contribution in [2.24, 2.45) is 0 Å². The molecule has 0 N–H and O–H groups in total. The molecule has 1 aromatic carbocycles. The Hall–Kier alpha value is -0.940. The van der Waals surface area contributed by atoms with Crippen molar-refractivity contribution in [3.63, 3.8) is 0 Å². The molecule has 0 aromatic heterocycles. The van der Waals surface area contributed by atoms with E-state index in [0.717, 1.165) is 25.9 Å². The van der Waals surface area contributed by atoms with Gasteiger partial charge in [0.15, 0.2) is 0 Å². The van der Waals surface area contributed by atoms with Gasteiger partial charge in [0.2, 0.25) is 0 Å². The van der Waals surface area contributed by atoms with Gasteiger partial charge in [-0.25, -0.2) is 4.39 Å². The summed E-state index contributed by atoms with van der Waals surface area (Å²) < 4.78 is 14.4. The van der Waals surface area contributed by atoms with E-state index in [1.54, 1.807) is 17.0 Å². The molecule has 1 amide bonds. The molecule has 2 aliphatic heterocycles. The summed E-state index contributed by atoms with van der Waals surface area (Å²) in [5.74, 6) is -0.643. The monoisotopic (exact) mass is 354 g/mol. The molecule has 2 saturated heterocycles. The van der Waals surface area contributed by atoms with Crippen LogP contribution in [0.15, 0.2) is 22.7 Å². The summed E-state index contributed by atoms with van der Waals surface area (Å²) in [4.78, 5) is 16.8. The lowest BCUT2D eigenvalue weighted by Gasteiger charge is -2.36. The maximum Gasteiger partial charge on any atom is 0.257 e. The molecule has 2 fully saturated rings. The molecule has 0 bridgehead atoms. The van der Waals surface area contributed by atoms with Gasteiger partial charge in [-0.15, -0.1) is 0 Å². The summed E-state index contributed by atoms with van der Waals surface area (Å²) in [6.45, 7) is 3.83. The predicted octanol–water partition coefficient (Wildman–Crippen LogP) is 3.29. The van der Waals surface area contributed by atoms with Crippen LogP contribution in [0, 0.1) is 5.82 Å². The molecule has 0 radical (unpaired) electrons. The molecular formula is C16H20BrFN2O. The van der Waals surface area contributed by atoms with Crippen LogP contribution < -0.4 is 0 Å². The highest BCUT2D eigenvalue weighted by Gasteiger charge is 2.30. The molecule has 3 nitrogen and oxygen atoms in total. The number of nitrogens with zero attached hydrogens (tertiary/aromatic N) is 2. The van der Waals surface area contributed by atoms with Crippen LogP contribution in [0.5, 0.6) is 0 Å². The molecular weight excluding hydrogens is 335 g/mol. The largest absolute Gasteiger partial charge is 0.338 e. The average Bonchev–Trinajstić information content (AvgIpc) is 3.01. The van der Waals surface area contributed by atoms with Crippen LogP contribution in [0.1, 0.15) is 36.0 Å². The molecule has 5 heteroatoms. The normalized spacial score (nSPS) is 21.0. The second kappa shape index (κ2) is 6.44. The van der Waals surface area contributed by atoms with E-state index in [2.05, 4.69) is 20.8 Å². The minimum absolute atomic E-state index is 0.164. The summed E-state index contributed by atoms with van der Waals surface area (Å²) in [6, 6.07) is 5.26. The number of likely N-dealkylation sites (tertiary alicyclic amines) is 2. The van der Waals surface area contributed by atoms with E-state index < -0.39 is 5.82 Å². The van der Waals surface area contributed by atoms with Crippen molar-refractivity contribution in [2.75, 3.05) is 26.2 Å². The predicted molar refractivity (Wildman–Crippen MR) is 83.8 cm³/mol. The third-order valence-electron chi connectivity index (χ3n) is 4.59. The fourth-order valence-corrected chi connectivity index (χ4v) is 3.91. The van der Waals surface area contributed by atoms with Crippen LogP contribution in [-0.4, -0.2) is 47.9 Å². The number of amides is 1. The van der Waals surface area contributed by atoms with Gasteiger partial charge in [-0.1, -0.05) is 6.07 Å². The van der Waals surface area contributed by atoms with Gasteiger partial charge in [0.05, 0.1) is 5.56 Å². The average molecular weight is 355 g/mol. The lowest BCUT2D eigenvalue weighted by Crippen LogP contribution is -2.46. The molecule has 0 atom stereocenters. The number of carbonyl (C=O) groups excluding carboxylic acids is 1. The van der Waals surface area contributed by atoms with Crippen LogP contribution >= 0.6 is 15.9 Å². The first kappa shape index (κ1) is 15.0. The minimum atomic E-state index is -0.448. The fraction of sp³-hybridized carbons (Fsp3) is 0.562. The lowest BCUT2D eigenvalue weighted by atomic mass is 10.0. The van der Waals surface area contributed by atoms with Crippen LogP contribution in [-0.2, 0) is 0 Å². The van der Waals surface area contributed by atoms with Crippen LogP contribution in [0.3, 0.4) is 0 Å². The highest BCUT2D eigenvalue weighted by atomic mass is 79.9. The zero-order chi connectivity index (χ0) is 14.8. The fourth-order valence-electron chi connectivity index (χ4n) is 3.40. The Morgan fingerprint density at radius 3 is 2.43 bits per heavy atom. The number of benzene rings is 1. The highest BCUT2D eigenvalue weighted by Crippen LogP contribution is 2.25. The number of hydrogen-bond donors (Lipinski definition) is 0. The maximum absolute atomic E-state index is 13.9. The zero-order valence-corrected chi connectivity index (χ0v) is 13.6. The molecule has 0 aliphatic carbocycles. The van der Waals surface area contributed by atoms with Gasteiger partial charge in [-0.2, -0.15) is 0 Å². The zero-order valence-electron chi connectivity index (χ0n) is 12.0. The van der Waals surface area contributed by atoms with Crippen molar-refractivity contribution in [1.29, 1.82) is 0 Å². The highest BCUT2D eigenvalue weighted by molar-refractivity contribution is 9.10. The Kier molecular flexibility index (Phi) is 4.60. The SMILES string of the molecule is O=C(c1c(F)cccc1Br)N1CCC(N2CCCC2)CC1. The van der Waals surface area contributed by atoms with Gasteiger partial charge in [0.1, 0.15) is 5.82 Å². The van der Waals surface area contributed by atoms with E-state index in [4.69, 9.17) is 0 Å². The van der Waals surface area contributed by atoms with E-state index in [1.165, 1.54) is 32.0 Å². The van der Waals surface area contributed by atoms with Gasteiger partial charge in [-0.3, -0.25) is 4.79 Å². The Morgan fingerprint density at radius 2 is 1.81 bits per heavy atom. The molecule has 0 unspecified atom stereocenters. The van der Waals surface area contributed by atoms with Gasteiger partial charge in [0, 0.05) is 23.6 Å². The number of hydrogen-bond acceptors (Lipinski definition) is 2. The molecule has 0 saturated carbocycles. The molecule has 3 rings (SSSR count). The first-order chi connectivity index (χ1) is 10.2. The van der Waals surface area contributed by atoms with Gasteiger partial charge in [0.25, 0.3) is 5.91 Å². The van der Waals surface area contributed by atoms with Crippen LogP contribution in [0.4, 0.5) is 4.39 Å². The third kappa shape index (κ3) is 3.14. The van der Waals surface area contributed by atoms with E-state index in [-0.39, 0.29) is 11.5 Å². The summed E-state index contributed by atoms with van der Waals surface area (Å²) in [7, 11) is 0. The van der Waals surface area contributed by atoms with E-state index in [1.807, 2.05) is 0 Å². The second-order valence-corrected chi connectivity index (χ2v) is 6.72. The molecule has 0 spiro atoms. The van der Waals surface area contributed by atoms with Gasteiger partial charge >= 0.3 is 0 Å². The molecule has 2 heterocycles. The Bertz CT molecular complexity index is 503. The number of piperidine rings is 1. The van der Waals surface area contributed by atoms with E-state index >= 15 is 0 Å². The molecule has 114 valence electrons. The number of halogens is 2. The quantitative estimate of drug-likeness (QED) is 0.813. The van der Waals surface area contributed by atoms with Crippen molar-refractivity contribution in [1.82, 2.24) is 9.80 Å². The summed E-state index contributed by atoms with van der Waals surface area (Å²) in [5.41, 5.74) is 0.164. The van der Waals surface area contributed by atoms with Gasteiger partial charge < -0.3 is 9.80 Å². The smallest absolute Gasteiger partial charge is 0.257 e. The molecule has 1 aromatic rings. The first-order valence-electron chi connectivity index (χ1n) is 7.64. The molecule has 2 aliphatic rings. The standard InChI is InChI=1S/C16H20BrFN2O/c17-13-4-3-5-14(18)15(13)16(21)20-10-6-12(7-11-20)19-8-1-2-9-19/h3-5,12H,1-2,6-11H2. The summed E-state index contributed by atoms with van der Waals surface area (Å²) in [6.07, 6.45) is 4.58.